The molecule has 0 aromatic heterocycles. The lowest BCUT2D eigenvalue weighted by Gasteiger charge is -2.24. The first-order chi connectivity index (χ1) is 11.8. The molecule has 0 saturated carbocycles. The van der Waals surface area contributed by atoms with Crippen molar-refractivity contribution in [3.63, 3.8) is 0 Å². The molecule has 2 rings (SSSR count). The molecule has 0 aliphatic heterocycles. The van der Waals surface area contributed by atoms with E-state index in [1.54, 1.807) is 12.1 Å². The van der Waals surface area contributed by atoms with Crippen molar-refractivity contribution in [2.45, 2.75) is 11.3 Å². The summed E-state index contributed by atoms with van der Waals surface area (Å²) in [4.78, 5) is 10.7. The molecule has 134 valence electrons. The minimum Gasteiger partial charge on any atom is -0.497 e. The van der Waals surface area contributed by atoms with E-state index >= 15 is 0 Å². The van der Waals surface area contributed by atoms with Gasteiger partial charge in [-0.15, -0.1) is 0 Å². The normalized spacial score (nSPS) is 11.2. The Hall–Kier alpha value is -1.96. The van der Waals surface area contributed by atoms with Gasteiger partial charge in [0.05, 0.1) is 24.2 Å². The standard InChI is InChI=1S/C16H15Cl2NO5S/c1-24-13-5-3-12(4-6-13)19(9-8-16(20)21)25(22,23)15-10-11(17)2-7-14(15)18/h2-7,10H,8-9H2,1H3,(H,20,21). The summed E-state index contributed by atoms with van der Waals surface area (Å²) in [6.07, 6.45) is -0.372. The van der Waals surface area contributed by atoms with Gasteiger partial charge in [-0.3, -0.25) is 9.10 Å². The molecule has 0 aliphatic carbocycles. The SMILES string of the molecule is COc1ccc(N(CCC(=O)O)S(=O)(=O)c2cc(Cl)ccc2Cl)cc1. The summed E-state index contributed by atoms with van der Waals surface area (Å²) in [6, 6.07) is 10.3. The summed E-state index contributed by atoms with van der Waals surface area (Å²) in [5.74, 6) is -0.578. The third-order valence-corrected chi connectivity index (χ3v) is 5.89. The highest BCUT2D eigenvalue weighted by Crippen LogP contribution is 2.31. The van der Waals surface area contributed by atoms with E-state index in [9.17, 15) is 13.2 Å². The van der Waals surface area contributed by atoms with Gasteiger partial charge in [-0.1, -0.05) is 23.2 Å². The highest BCUT2D eigenvalue weighted by molar-refractivity contribution is 7.93. The lowest BCUT2D eigenvalue weighted by Crippen LogP contribution is -2.33. The molecule has 0 radical (unpaired) electrons. The predicted octanol–water partition coefficient (Wildman–Crippen LogP) is 3.67. The topological polar surface area (TPSA) is 83.9 Å². The van der Waals surface area contributed by atoms with Crippen LogP contribution in [0.1, 0.15) is 6.42 Å². The Morgan fingerprint density at radius 2 is 1.80 bits per heavy atom. The van der Waals surface area contributed by atoms with Crippen molar-refractivity contribution in [3.05, 3.63) is 52.5 Å². The number of benzene rings is 2. The van der Waals surface area contributed by atoms with Crippen LogP contribution in [0.5, 0.6) is 5.75 Å². The monoisotopic (exact) mass is 403 g/mol. The van der Waals surface area contributed by atoms with Crippen LogP contribution in [-0.4, -0.2) is 33.1 Å². The van der Waals surface area contributed by atoms with Gasteiger partial charge < -0.3 is 9.84 Å². The second-order valence-corrected chi connectivity index (χ2v) is 7.67. The Morgan fingerprint density at radius 3 is 2.36 bits per heavy atom. The Labute approximate surface area is 155 Å². The molecular weight excluding hydrogens is 389 g/mol. The minimum atomic E-state index is -4.11. The number of carboxylic acid groups (broad SMARTS) is 1. The largest absolute Gasteiger partial charge is 0.497 e. The fraction of sp³-hybridized carbons (Fsp3) is 0.188. The number of ether oxygens (including phenoxy) is 1. The lowest BCUT2D eigenvalue weighted by atomic mass is 10.3. The second kappa shape index (κ2) is 7.95. The maximum absolute atomic E-state index is 13.0. The van der Waals surface area contributed by atoms with E-state index in [0.717, 1.165) is 4.31 Å². The van der Waals surface area contributed by atoms with E-state index < -0.39 is 16.0 Å². The first-order valence-electron chi connectivity index (χ1n) is 7.09. The number of hydrogen-bond acceptors (Lipinski definition) is 4. The highest BCUT2D eigenvalue weighted by Gasteiger charge is 2.28. The van der Waals surface area contributed by atoms with Crippen LogP contribution in [0, 0.1) is 0 Å². The van der Waals surface area contributed by atoms with E-state index in [-0.39, 0.29) is 33.6 Å². The molecule has 0 atom stereocenters. The number of nitrogens with zero attached hydrogens (tertiary/aromatic N) is 1. The van der Waals surface area contributed by atoms with Gasteiger partial charge in [0.15, 0.2) is 0 Å². The van der Waals surface area contributed by atoms with E-state index in [1.807, 2.05) is 0 Å². The third-order valence-electron chi connectivity index (χ3n) is 3.35. The van der Waals surface area contributed by atoms with Crippen LogP contribution >= 0.6 is 23.2 Å². The summed E-state index contributed by atoms with van der Waals surface area (Å²) in [7, 11) is -2.62. The second-order valence-electron chi connectivity index (χ2n) is 4.99. The van der Waals surface area contributed by atoms with Gasteiger partial charge in [-0.05, 0) is 42.5 Å². The van der Waals surface area contributed by atoms with Crippen molar-refractivity contribution in [1.29, 1.82) is 0 Å². The predicted molar refractivity (Wildman–Crippen MR) is 96.2 cm³/mol. The molecule has 25 heavy (non-hydrogen) atoms. The molecule has 1 N–H and O–H groups in total. The Morgan fingerprint density at radius 1 is 1.16 bits per heavy atom. The number of carboxylic acids is 1. The average molecular weight is 404 g/mol. The first kappa shape index (κ1) is 19.4. The molecule has 2 aromatic rings. The van der Waals surface area contributed by atoms with Gasteiger partial charge in [0.1, 0.15) is 10.6 Å². The van der Waals surface area contributed by atoms with Crippen molar-refractivity contribution >= 4 is 44.9 Å². The number of rotatable bonds is 7. The fourth-order valence-electron chi connectivity index (χ4n) is 2.13. The molecule has 0 fully saturated rings. The van der Waals surface area contributed by atoms with E-state index in [4.69, 9.17) is 33.0 Å². The maximum atomic E-state index is 13.0. The van der Waals surface area contributed by atoms with Crippen molar-refractivity contribution < 1.29 is 23.1 Å². The van der Waals surface area contributed by atoms with Gasteiger partial charge >= 0.3 is 5.97 Å². The van der Waals surface area contributed by atoms with E-state index in [2.05, 4.69) is 0 Å². The number of halogens is 2. The lowest BCUT2D eigenvalue weighted by molar-refractivity contribution is -0.136. The molecular formula is C16H15Cl2NO5S. The summed E-state index contributed by atoms with van der Waals surface area (Å²) < 4.78 is 32.1. The van der Waals surface area contributed by atoms with E-state index in [1.165, 1.54) is 37.4 Å². The zero-order chi connectivity index (χ0) is 18.6. The summed E-state index contributed by atoms with van der Waals surface area (Å²) >= 11 is 11.9. The summed E-state index contributed by atoms with van der Waals surface area (Å²) in [5.41, 5.74) is 0.290. The van der Waals surface area contributed by atoms with Crippen LogP contribution in [0.3, 0.4) is 0 Å². The molecule has 0 unspecified atom stereocenters. The van der Waals surface area contributed by atoms with Crippen molar-refractivity contribution in [1.82, 2.24) is 0 Å². The minimum absolute atomic E-state index is 0.00163. The van der Waals surface area contributed by atoms with Crippen LogP contribution in [0.2, 0.25) is 10.0 Å². The Bertz CT molecular complexity index is 869. The van der Waals surface area contributed by atoms with E-state index in [0.29, 0.717) is 5.75 Å². The number of hydrogen-bond donors (Lipinski definition) is 1. The zero-order valence-corrected chi connectivity index (χ0v) is 15.5. The van der Waals surface area contributed by atoms with Crippen molar-refractivity contribution in [2.75, 3.05) is 18.0 Å². The molecule has 0 amide bonds. The molecule has 0 heterocycles. The third kappa shape index (κ3) is 4.56. The zero-order valence-electron chi connectivity index (χ0n) is 13.1. The van der Waals surface area contributed by atoms with Crippen LogP contribution in [0.15, 0.2) is 47.4 Å². The quantitative estimate of drug-likeness (QED) is 0.761. The smallest absolute Gasteiger partial charge is 0.305 e. The molecule has 9 heteroatoms. The van der Waals surface area contributed by atoms with Gasteiger partial charge in [0, 0.05) is 11.6 Å². The number of anilines is 1. The van der Waals surface area contributed by atoms with Crippen LogP contribution in [-0.2, 0) is 14.8 Å². The summed E-state index contributed by atoms with van der Waals surface area (Å²) in [5, 5.41) is 9.14. The van der Waals surface area contributed by atoms with Gasteiger partial charge in [-0.25, -0.2) is 8.42 Å². The van der Waals surface area contributed by atoms with Crippen LogP contribution < -0.4 is 9.04 Å². The Balaban J connectivity index is 2.52. The van der Waals surface area contributed by atoms with Gasteiger partial charge in [0.25, 0.3) is 10.0 Å². The molecule has 6 nitrogen and oxygen atoms in total. The van der Waals surface area contributed by atoms with Crippen molar-refractivity contribution in [2.24, 2.45) is 0 Å². The molecule has 2 aromatic carbocycles. The number of carbonyl (C=O) groups is 1. The van der Waals surface area contributed by atoms with Crippen LogP contribution in [0.25, 0.3) is 0 Å². The number of sulfonamides is 1. The average Bonchev–Trinajstić information content (AvgIpc) is 2.57. The highest BCUT2D eigenvalue weighted by atomic mass is 35.5. The van der Waals surface area contributed by atoms with Crippen LogP contribution in [0.4, 0.5) is 5.69 Å². The maximum Gasteiger partial charge on any atom is 0.305 e. The Kier molecular flexibility index (Phi) is 6.16. The first-order valence-corrected chi connectivity index (χ1v) is 9.29. The van der Waals surface area contributed by atoms with Crippen molar-refractivity contribution in [3.8, 4) is 5.75 Å². The molecule has 0 bridgehead atoms. The molecule has 0 spiro atoms. The molecule has 0 aliphatic rings. The fourth-order valence-corrected chi connectivity index (χ4v) is 4.33. The van der Waals surface area contributed by atoms with Gasteiger partial charge in [-0.2, -0.15) is 0 Å². The number of aliphatic carboxylic acids is 1. The summed E-state index contributed by atoms with van der Waals surface area (Å²) in [6.45, 7) is -0.257. The van der Waals surface area contributed by atoms with Gasteiger partial charge in [0.2, 0.25) is 0 Å². The number of methoxy groups -OCH3 is 1. The molecule has 0 saturated heterocycles.